The highest BCUT2D eigenvalue weighted by molar-refractivity contribution is 5.92. The number of nitrogens with zero attached hydrogens (tertiary/aromatic N) is 4. The molecule has 17 heavy (non-hydrogen) atoms. The van der Waals surface area contributed by atoms with Gasteiger partial charge in [-0.2, -0.15) is 4.98 Å². The first-order valence-electron chi connectivity index (χ1n) is 4.95. The molecule has 2 N–H and O–H groups in total. The van der Waals surface area contributed by atoms with Gasteiger partial charge in [0.05, 0.1) is 19.5 Å². The Balaban J connectivity index is 2.18. The van der Waals surface area contributed by atoms with Crippen LogP contribution >= 0.6 is 0 Å². The molecule has 0 aromatic carbocycles. The van der Waals surface area contributed by atoms with E-state index >= 15 is 0 Å². The summed E-state index contributed by atoms with van der Waals surface area (Å²) in [4.78, 5) is 19.2. The first-order chi connectivity index (χ1) is 8.22. The molecule has 0 saturated heterocycles. The van der Waals surface area contributed by atoms with Crippen molar-refractivity contribution in [3.63, 3.8) is 0 Å². The number of carbonyl (C=O) groups excluding carboxylic acids is 1. The Labute approximate surface area is 96.4 Å². The number of ether oxygens (including phenoxy) is 1. The molecule has 8 nitrogen and oxygen atoms in total. The van der Waals surface area contributed by atoms with Crippen LogP contribution in [0.2, 0.25) is 0 Å². The maximum atomic E-state index is 11.5. The molecule has 2 aromatic heterocycles. The first kappa shape index (κ1) is 11.1. The topological polar surface area (TPSA) is 109 Å². The van der Waals surface area contributed by atoms with Gasteiger partial charge in [0.2, 0.25) is 6.39 Å². The van der Waals surface area contributed by atoms with E-state index in [0.29, 0.717) is 5.82 Å². The molecule has 0 atom stereocenters. The van der Waals surface area contributed by atoms with Crippen LogP contribution in [0.5, 0.6) is 0 Å². The van der Waals surface area contributed by atoms with Crippen LogP contribution in [0.4, 0.5) is 5.82 Å². The van der Waals surface area contributed by atoms with E-state index in [9.17, 15) is 4.79 Å². The minimum Gasteiger partial charge on any atom is -0.461 e. The number of rotatable bonds is 4. The van der Waals surface area contributed by atoms with Gasteiger partial charge in [-0.1, -0.05) is 5.16 Å². The summed E-state index contributed by atoms with van der Waals surface area (Å²) in [6, 6.07) is 0. The number of anilines is 1. The summed E-state index contributed by atoms with van der Waals surface area (Å²) in [5.41, 5.74) is 5.86. The van der Waals surface area contributed by atoms with Crippen molar-refractivity contribution >= 4 is 11.8 Å². The highest BCUT2D eigenvalue weighted by Gasteiger charge is 2.17. The van der Waals surface area contributed by atoms with Crippen molar-refractivity contribution in [1.29, 1.82) is 0 Å². The minimum absolute atomic E-state index is 0.0929. The average Bonchev–Trinajstić information content (AvgIpc) is 2.91. The van der Waals surface area contributed by atoms with Gasteiger partial charge in [-0.15, -0.1) is 0 Å². The van der Waals surface area contributed by atoms with E-state index in [0.717, 1.165) is 0 Å². The number of hydrogen-bond acceptors (Lipinski definition) is 7. The number of imidazole rings is 1. The number of nitrogen functional groups attached to an aromatic ring is 1. The maximum absolute atomic E-state index is 11.5. The predicted molar refractivity (Wildman–Crippen MR) is 56.0 cm³/mol. The standard InChI is InChI=1S/C9H11N5O3/c1-2-16-9(15)7-8(10)14(4-11-7)3-6-12-5-17-13-6/h4-5H,2-3,10H2,1H3. The molecule has 0 saturated carbocycles. The number of aromatic nitrogens is 4. The van der Waals surface area contributed by atoms with E-state index in [4.69, 9.17) is 10.5 Å². The summed E-state index contributed by atoms with van der Waals surface area (Å²) in [6.45, 7) is 2.27. The first-order valence-corrected chi connectivity index (χ1v) is 4.95. The van der Waals surface area contributed by atoms with Crippen molar-refractivity contribution < 1.29 is 14.1 Å². The second kappa shape index (κ2) is 4.64. The molecule has 0 aliphatic heterocycles. The van der Waals surface area contributed by atoms with Gasteiger partial charge in [-0.05, 0) is 6.92 Å². The quantitative estimate of drug-likeness (QED) is 0.749. The summed E-state index contributed by atoms with van der Waals surface area (Å²) in [5.74, 6) is 0.120. The summed E-state index contributed by atoms with van der Waals surface area (Å²) in [6.07, 6.45) is 2.65. The van der Waals surface area contributed by atoms with Gasteiger partial charge in [0, 0.05) is 0 Å². The Bertz CT molecular complexity index is 505. The SMILES string of the molecule is CCOC(=O)c1ncn(Cc2ncon2)c1N. The lowest BCUT2D eigenvalue weighted by Gasteiger charge is -2.02. The Morgan fingerprint density at radius 1 is 1.59 bits per heavy atom. The van der Waals surface area contributed by atoms with Crippen LogP contribution in [0.25, 0.3) is 0 Å². The Kier molecular flexibility index (Phi) is 3.03. The van der Waals surface area contributed by atoms with Crippen molar-refractivity contribution in [2.75, 3.05) is 12.3 Å². The van der Waals surface area contributed by atoms with Crippen LogP contribution in [-0.2, 0) is 11.3 Å². The van der Waals surface area contributed by atoms with Crippen molar-refractivity contribution in [2.45, 2.75) is 13.5 Å². The third kappa shape index (κ3) is 2.25. The van der Waals surface area contributed by atoms with Gasteiger partial charge in [-0.3, -0.25) is 0 Å². The fraction of sp³-hybridized carbons (Fsp3) is 0.333. The number of hydrogen-bond donors (Lipinski definition) is 1. The normalized spacial score (nSPS) is 10.4. The molecule has 2 rings (SSSR count). The second-order valence-electron chi connectivity index (χ2n) is 3.17. The van der Waals surface area contributed by atoms with Crippen LogP contribution in [0.1, 0.15) is 23.2 Å². The Morgan fingerprint density at radius 3 is 3.06 bits per heavy atom. The summed E-state index contributed by atoms with van der Waals surface area (Å²) >= 11 is 0. The molecule has 0 radical (unpaired) electrons. The molecule has 0 spiro atoms. The van der Waals surface area contributed by atoms with E-state index < -0.39 is 5.97 Å². The maximum Gasteiger partial charge on any atom is 0.360 e. The van der Waals surface area contributed by atoms with Crippen LogP contribution in [0.15, 0.2) is 17.2 Å². The molecule has 8 heteroatoms. The third-order valence-electron chi connectivity index (χ3n) is 2.07. The van der Waals surface area contributed by atoms with Crippen LogP contribution in [0.3, 0.4) is 0 Å². The fourth-order valence-corrected chi connectivity index (χ4v) is 1.29. The molecule has 0 amide bonds. The summed E-state index contributed by atoms with van der Waals surface area (Å²) in [5, 5.41) is 3.64. The minimum atomic E-state index is -0.545. The van der Waals surface area contributed by atoms with Crippen LogP contribution < -0.4 is 5.73 Å². The lowest BCUT2D eigenvalue weighted by molar-refractivity contribution is 0.0521. The second-order valence-corrected chi connectivity index (χ2v) is 3.17. The molecule has 0 bridgehead atoms. The predicted octanol–water partition coefficient (Wildman–Crippen LogP) is 0.0733. The number of esters is 1. The van der Waals surface area contributed by atoms with E-state index in [2.05, 4.69) is 19.6 Å². The van der Waals surface area contributed by atoms with Gasteiger partial charge in [-0.25, -0.2) is 9.78 Å². The molecular weight excluding hydrogens is 226 g/mol. The van der Waals surface area contributed by atoms with Gasteiger partial charge in [0.15, 0.2) is 11.5 Å². The van der Waals surface area contributed by atoms with Crippen molar-refractivity contribution in [1.82, 2.24) is 19.7 Å². The molecule has 2 aromatic rings. The molecule has 0 fully saturated rings. The lowest BCUT2D eigenvalue weighted by Crippen LogP contribution is -2.10. The third-order valence-corrected chi connectivity index (χ3v) is 2.07. The average molecular weight is 237 g/mol. The molecule has 0 aliphatic carbocycles. The zero-order chi connectivity index (χ0) is 12.3. The molecular formula is C9H11N5O3. The van der Waals surface area contributed by atoms with E-state index in [1.165, 1.54) is 17.3 Å². The molecule has 0 aliphatic rings. The summed E-state index contributed by atoms with van der Waals surface area (Å²) in [7, 11) is 0. The zero-order valence-corrected chi connectivity index (χ0v) is 9.16. The van der Waals surface area contributed by atoms with Gasteiger partial charge in [0.25, 0.3) is 0 Å². The number of nitrogens with two attached hydrogens (primary N) is 1. The van der Waals surface area contributed by atoms with E-state index in [1.54, 1.807) is 6.92 Å². The smallest absolute Gasteiger partial charge is 0.360 e. The Morgan fingerprint density at radius 2 is 2.41 bits per heavy atom. The van der Waals surface area contributed by atoms with E-state index in [1.807, 2.05) is 0 Å². The van der Waals surface area contributed by atoms with Crippen molar-refractivity contribution in [3.8, 4) is 0 Å². The van der Waals surface area contributed by atoms with Gasteiger partial charge < -0.3 is 19.6 Å². The van der Waals surface area contributed by atoms with E-state index in [-0.39, 0.29) is 24.7 Å². The van der Waals surface area contributed by atoms with Crippen molar-refractivity contribution in [2.24, 2.45) is 0 Å². The lowest BCUT2D eigenvalue weighted by atomic mass is 10.4. The highest BCUT2D eigenvalue weighted by atomic mass is 16.5. The van der Waals surface area contributed by atoms with Gasteiger partial charge in [0.1, 0.15) is 5.82 Å². The highest BCUT2D eigenvalue weighted by Crippen LogP contribution is 2.12. The van der Waals surface area contributed by atoms with Crippen molar-refractivity contribution in [3.05, 3.63) is 24.2 Å². The van der Waals surface area contributed by atoms with Crippen LogP contribution in [0, 0.1) is 0 Å². The zero-order valence-electron chi connectivity index (χ0n) is 9.16. The molecule has 0 unspecified atom stereocenters. The monoisotopic (exact) mass is 237 g/mol. The summed E-state index contributed by atoms with van der Waals surface area (Å²) < 4.78 is 10.9. The Hall–Kier alpha value is -2.38. The fourth-order valence-electron chi connectivity index (χ4n) is 1.29. The van der Waals surface area contributed by atoms with Gasteiger partial charge >= 0.3 is 5.97 Å². The molecule has 90 valence electrons. The largest absolute Gasteiger partial charge is 0.461 e. The molecule has 2 heterocycles. The number of carbonyl (C=O) groups is 1. The van der Waals surface area contributed by atoms with Crippen LogP contribution in [-0.4, -0.2) is 32.3 Å².